The van der Waals surface area contributed by atoms with Gasteiger partial charge in [-0.2, -0.15) is 4.31 Å². The second-order valence-electron chi connectivity index (χ2n) is 6.39. The van der Waals surface area contributed by atoms with Gasteiger partial charge < -0.3 is 5.32 Å². The van der Waals surface area contributed by atoms with Crippen molar-refractivity contribution >= 4 is 33.2 Å². The summed E-state index contributed by atoms with van der Waals surface area (Å²) in [4.78, 5) is 25.1. The predicted molar refractivity (Wildman–Crippen MR) is 106 cm³/mol. The molecule has 2 amide bonds. The molecule has 140 valence electrons. The number of carbonyl (C=O) groups excluding carboxylic acids is 2. The second kappa shape index (κ2) is 6.61. The first-order valence-electron chi connectivity index (χ1n) is 8.55. The van der Waals surface area contributed by atoms with Crippen LogP contribution in [0.5, 0.6) is 0 Å². The lowest BCUT2D eigenvalue weighted by Gasteiger charge is -2.14. The molecule has 3 aromatic rings. The van der Waals surface area contributed by atoms with E-state index in [0.717, 1.165) is 9.87 Å². The Balaban J connectivity index is 1.72. The normalized spacial score (nSPS) is 14.6. The number of benzene rings is 3. The van der Waals surface area contributed by atoms with Crippen LogP contribution in [0.15, 0.2) is 77.7 Å². The molecule has 0 aromatic heterocycles. The number of anilines is 2. The molecule has 3 aromatic carbocycles. The molecule has 0 saturated heterocycles. The largest absolute Gasteiger partial charge is 0.322 e. The number of hydrogen-bond donors (Lipinski definition) is 1. The van der Waals surface area contributed by atoms with Crippen molar-refractivity contribution in [3.05, 3.63) is 89.5 Å². The zero-order valence-electron chi connectivity index (χ0n) is 14.9. The molecular weight excluding hydrogens is 376 g/mol. The molecule has 28 heavy (non-hydrogen) atoms. The van der Waals surface area contributed by atoms with E-state index >= 15 is 0 Å². The van der Waals surface area contributed by atoms with Crippen LogP contribution in [0.25, 0.3) is 0 Å². The van der Waals surface area contributed by atoms with Gasteiger partial charge in [0.05, 0.1) is 11.3 Å². The van der Waals surface area contributed by atoms with E-state index in [2.05, 4.69) is 5.32 Å². The Kier molecular flexibility index (Phi) is 4.24. The summed E-state index contributed by atoms with van der Waals surface area (Å²) in [5.74, 6) is -1.08. The van der Waals surface area contributed by atoms with Gasteiger partial charge in [-0.05, 0) is 48.9 Å². The Morgan fingerprint density at radius 3 is 2.32 bits per heavy atom. The fourth-order valence-corrected chi connectivity index (χ4v) is 4.72. The van der Waals surface area contributed by atoms with Gasteiger partial charge in [0.15, 0.2) is 0 Å². The molecular formula is C21H16N2O4S. The quantitative estimate of drug-likeness (QED) is 0.738. The third-order valence-electron chi connectivity index (χ3n) is 4.56. The zero-order valence-corrected chi connectivity index (χ0v) is 15.7. The van der Waals surface area contributed by atoms with Crippen LogP contribution < -0.4 is 9.62 Å². The second-order valence-corrected chi connectivity index (χ2v) is 8.15. The maximum absolute atomic E-state index is 13.0. The lowest BCUT2D eigenvalue weighted by Crippen LogP contribution is -2.29. The van der Waals surface area contributed by atoms with Crippen LogP contribution in [0.3, 0.4) is 0 Å². The predicted octanol–water partition coefficient (Wildman–Crippen LogP) is 3.60. The van der Waals surface area contributed by atoms with Crippen molar-refractivity contribution in [3.8, 4) is 0 Å². The van der Waals surface area contributed by atoms with Gasteiger partial charge in [-0.15, -0.1) is 0 Å². The van der Waals surface area contributed by atoms with Crippen LogP contribution in [0.4, 0.5) is 11.4 Å². The van der Waals surface area contributed by atoms with Crippen molar-refractivity contribution in [1.82, 2.24) is 0 Å². The molecule has 0 fully saturated rings. The molecule has 4 rings (SSSR count). The number of nitrogens with one attached hydrogen (secondary N) is 1. The van der Waals surface area contributed by atoms with Gasteiger partial charge in [0, 0.05) is 11.3 Å². The highest BCUT2D eigenvalue weighted by Crippen LogP contribution is 2.35. The topological polar surface area (TPSA) is 83.6 Å². The summed E-state index contributed by atoms with van der Waals surface area (Å²) in [5, 5.41) is 2.77. The Bertz CT molecular complexity index is 1200. The van der Waals surface area contributed by atoms with E-state index in [9.17, 15) is 18.0 Å². The molecule has 0 saturated carbocycles. The highest BCUT2D eigenvalue weighted by Gasteiger charge is 2.42. The van der Waals surface area contributed by atoms with Gasteiger partial charge in [0.2, 0.25) is 0 Å². The zero-order chi connectivity index (χ0) is 19.9. The van der Waals surface area contributed by atoms with Crippen molar-refractivity contribution in [1.29, 1.82) is 0 Å². The van der Waals surface area contributed by atoms with E-state index in [1.165, 1.54) is 18.2 Å². The first-order valence-corrected chi connectivity index (χ1v) is 9.99. The van der Waals surface area contributed by atoms with Crippen molar-refractivity contribution in [3.63, 3.8) is 0 Å². The van der Waals surface area contributed by atoms with Gasteiger partial charge in [-0.1, -0.05) is 36.4 Å². The summed E-state index contributed by atoms with van der Waals surface area (Å²) in [6.07, 6.45) is 0. The molecule has 0 atom stereocenters. The molecule has 1 aliphatic heterocycles. The molecule has 0 bridgehead atoms. The Morgan fingerprint density at radius 1 is 0.929 bits per heavy atom. The summed E-state index contributed by atoms with van der Waals surface area (Å²) in [5.41, 5.74) is 1.99. The number of para-hydroxylation sites is 2. The lowest BCUT2D eigenvalue weighted by atomic mass is 10.1. The van der Waals surface area contributed by atoms with Crippen LogP contribution in [-0.2, 0) is 10.0 Å². The third kappa shape index (κ3) is 2.86. The average molecular weight is 392 g/mol. The molecule has 1 heterocycles. The van der Waals surface area contributed by atoms with Crippen LogP contribution in [0.2, 0.25) is 0 Å². The van der Waals surface area contributed by atoms with E-state index in [1.54, 1.807) is 42.5 Å². The third-order valence-corrected chi connectivity index (χ3v) is 6.31. The van der Waals surface area contributed by atoms with E-state index in [4.69, 9.17) is 0 Å². The van der Waals surface area contributed by atoms with Crippen LogP contribution in [-0.4, -0.2) is 20.2 Å². The summed E-state index contributed by atoms with van der Waals surface area (Å²) in [7, 11) is -4.08. The van der Waals surface area contributed by atoms with E-state index in [1.807, 2.05) is 19.1 Å². The van der Waals surface area contributed by atoms with Crippen LogP contribution >= 0.6 is 0 Å². The first kappa shape index (κ1) is 17.9. The summed E-state index contributed by atoms with van der Waals surface area (Å²) < 4.78 is 26.7. The first-order chi connectivity index (χ1) is 13.4. The molecule has 1 N–H and O–H groups in total. The smallest absolute Gasteiger partial charge is 0.273 e. The van der Waals surface area contributed by atoms with Crippen molar-refractivity contribution < 1.29 is 18.0 Å². The SMILES string of the molecule is Cc1ccccc1NC(=O)c1ccc2c(c1)S(=O)(=O)N(c1ccccc1)C2=O. The number of fused-ring (bicyclic) bond motifs is 1. The highest BCUT2D eigenvalue weighted by molar-refractivity contribution is 7.94. The van der Waals surface area contributed by atoms with Crippen molar-refractivity contribution in [2.75, 3.05) is 9.62 Å². The number of amides is 2. The Hall–Kier alpha value is -3.45. The molecule has 0 aliphatic carbocycles. The number of aryl methyl sites for hydroxylation is 1. The molecule has 6 nitrogen and oxygen atoms in total. The van der Waals surface area contributed by atoms with Gasteiger partial charge in [-0.25, -0.2) is 8.42 Å². The molecule has 0 spiro atoms. The van der Waals surface area contributed by atoms with Crippen molar-refractivity contribution in [2.45, 2.75) is 11.8 Å². The maximum Gasteiger partial charge on any atom is 0.273 e. The molecule has 0 radical (unpaired) electrons. The highest BCUT2D eigenvalue weighted by atomic mass is 32.2. The number of rotatable bonds is 3. The number of carbonyl (C=O) groups is 2. The minimum absolute atomic E-state index is 0.0521. The molecule has 1 aliphatic rings. The standard InChI is InChI=1S/C21H16N2O4S/c1-14-7-5-6-10-18(14)22-20(24)15-11-12-17-19(13-15)28(26,27)23(21(17)25)16-8-3-2-4-9-16/h2-13H,1H3,(H,22,24). The van der Waals surface area contributed by atoms with Crippen molar-refractivity contribution in [2.24, 2.45) is 0 Å². The Morgan fingerprint density at radius 2 is 1.61 bits per heavy atom. The van der Waals surface area contributed by atoms with Crippen LogP contribution in [0, 0.1) is 6.92 Å². The Labute approximate surface area is 162 Å². The maximum atomic E-state index is 13.0. The fourth-order valence-electron chi connectivity index (χ4n) is 3.10. The number of hydrogen-bond acceptors (Lipinski definition) is 4. The van der Waals surface area contributed by atoms with Gasteiger partial charge in [0.25, 0.3) is 21.8 Å². The minimum Gasteiger partial charge on any atom is -0.322 e. The fraction of sp³-hybridized carbons (Fsp3) is 0.0476. The summed E-state index contributed by atoms with van der Waals surface area (Å²) in [6, 6.07) is 19.5. The van der Waals surface area contributed by atoms with Gasteiger partial charge in [0.1, 0.15) is 4.90 Å². The van der Waals surface area contributed by atoms with Crippen LogP contribution in [0.1, 0.15) is 26.3 Å². The minimum atomic E-state index is -4.08. The monoisotopic (exact) mass is 392 g/mol. The number of nitrogens with zero attached hydrogens (tertiary/aromatic N) is 1. The molecule has 7 heteroatoms. The lowest BCUT2D eigenvalue weighted by molar-refractivity contribution is 0.100. The molecule has 0 unspecified atom stereocenters. The van der Waals surface area contributed by atoms with Gasteiger partial charge >= 0.3 is 0 Å². The van der Waals surface area contributed by atoms with E-state index in [-0.39, 0.29) is 21.7 Å². The van der Waals surface area contributed by atoms with E-state index in [0.29, 0.717) is 5.69 Å². The van der Waals surface area contributed by atoms with Gasteiger partial charge in [-0.3, -0.25) is 9.59 Å². The average Bonchev–Trinajstić information content (AvgIpc) is 2.89. The van der Waals surface area contributed by atoms with E-state index < -0.39 is 21.8 Å². The summed E-state index contributed by atoms with van der Waals surface area (Å²) >= 11 is 0. The summed E-state index contributed by atoms with van der Waals surface area (Å²) in [6.45, 7) is 1.86. The number of sulfonamides is 1.